The Bertz CT molecular complexity index is 2190. The number of aromatic nitrogens is 1. The Hall–Kier alpha value is -5.74. The highest BCUT2D eigenvalue weighted by Gasteiger charge is 2.32. The Morgan fingerprint density at radius 2 is 1.63 bits per heavy atom. The van der Waals surface area contributed by atoms with Gasteiger partial charge in [-0.3, -0.25) is 14.2 Å². The lowest BCUT2D eigenvalue weighted by Crippen LogP contribution is -2.40. The maximum atomic E-state index is 14.2. The lowest BCUT2D eigenvalue weighted by Gasteiger charge is -2.25. The number of ether oxygens (including phenoxy) is 3. The summed E-state index contributed by atoms with van der Waals surface area (Å²) in [5.74, 6) is 0.631. The molecule has 1 aromatic heterocycles. The van der Waals surface area contributed by atoms with Gasteiger partial charge in [-0.1, -0.05) is 65.9 Å². The van der Waals surface area contributed by atoms with Crippen molar-refractivity contribution >= 4 is 35.0 Å². The third kappa shape index (κ3) is 7.55. The van der Waals surface area contributed by atoms with Gasteiger partial charge >= 0.3 is 5.97 Å². The van der Waals surface area contributed by atoms with E-state index in [0.717, 1.165) is 16.7 Å². The van der Waals surface area contributed by atoms with Crippen molar-refractivity contribution in [2.45, 2.75) is 33.4 Å². The van der Waals surface area contributed by atoms with E-state index < -0.39 is 6.04 Å². The summed E-state index contributed by atoms with van der Waals surface area (Å²) < 4.78 is 18.8. The van der Waals surface area contributed by atoms with Crippen molar-refractivity contribution in [1.29, 1.82) is 0 Å². The van der Waals surface area contributed by atoms with Crippen LogP contribution >= 0.6 is 11.3 Å². The van der Waals surface area contributed by atoms with Crippen LogP contribution in [0.25, 0.3) is 6.08 Å². The summed E-state index contributed by atoms with van der Waals surface area (Å²) in [4.78, 5) is 45.2. The molecule has 0 radical (unpaired) electrons. The predicted molar refractivity (Wildman–Crippen MR) is 190 cm³/mol. The third-order valence-corrected chi connectivity index (χ3v) is 8.81. The predicted octanol–water partition coefficient (Wildman–Crippen LogP) is 6.03. The van der Waals surface area contributed by atoms with Gasteiger partial charge in [0.1, 0.15) is 18.1 Å². The number of hydrogen-bond acceptors (Lipinski definition) is 8. The van der Waals surface area contributed by atoms with Crippen molar-refractivity contribution in [3.05, 3.63) is 156 Å². The molecule has 4 aromatic carbocycles. The largest absolute Gasteiger partial charge is 0.494 e. The van der Waals surface area contributed by atoms with Crippen molar-refractivity contribution in [3.63, 3.8) is 0 Å². The Labute approximate surface area is 287 Å². The molecule has 0 bridgehead atoms. The fourth-order valence-electron chi connectivity index (χ4n) is 5.52. The summed E-state index contributed by atoms with van der Waals surface area (Å²) in [6.45, 7) is 6.62. The minimum atomic E-state index is -0.706. The Kier molecular flexibility index (Phi) is 10.2. The minimum absolute atomic E-state index is 0.256. The van der Waals surface area contributed by atoms with Gasteiger partial charge in [0.05, 0.1) is 40.6 Å². The Morgan fingerprint density at radius 3 is 2.35 bits per heavy atom. The molecule has 6 rings (SSSR count). The average molecular weight is 674 g/mol. The normalized spacial score (nSPS) is 14.1. The van der Waals surface area contributed by atoms with Crippen LogP contribution in [0.5, 0.6) is 11.5 Å². The van der Waals surface area contributed by atoms with Crippen LogP contribution in [-0.4, -0.2) is 29.7 Å². The van der Waals surface area contributed by atoms with Crippen molar-refractivity contribution in [2.75, 3.05) is 18.5 Å². The standard InChI is InChI=1S/C39H35N3O6S/c1-4-46-31-20-18-28(19-21-31)35-34(36(43)41-30-11-7-6-8-12-30)25(3)40-39-42(35)37(44)33(49-39)23-27-10-9-13-32(22-27)48-24-26-14-16-29(17-15-26)38(45)47-5-2/h6-23,35H,4-5,24H2,1-3H3,(H,41,43)/b33-23-/t35-/m0/s1. The second kappa shape index (κ2) is 15.0. The molecule has 1 amide bonds. The number of esters is 1. The number of nitrogens with zero attached hydrogens (tertiary/aromatic N) is 2. The van der Waals surface area contributed by atoms with Gasteiger partial charge in [0.15, 0.2) is 4.80 Å². The Balaban J connectivity index is 1.31. The zero-order chi connectivity index (χ0) is 34.3. The summed E-state index contributed by atoms with van der Waals surface area (Å²) in [5, 5.41) is 2.98. The smallest absolute Gasteiger partial charge is 0.338 e. The average Bonchev–Trinajstić information content (AvgIpc) is 3.41. The molecule has 5 aromatic rings. The van der Waals surface area contributed by atoms with E-state index in [2.05, 4.69) is 5.32 Å². The molecular formula is C39H35N3O6S. The number of hydrogen-bond donors (Lipinski definition) is 1. The van der Waals surface area contributed by atoms with Gasteiger partial charge in [0.25, 0.3) is 11.5 Å². The first-order valence-corrected chi connectivity index (χ1v) is 16.8. The van der Waals surface area contributed by atoms with E-state index in [4.69, 9.17) is 19.2 Å². The molecule has 49 heavy (non-hydrogen) atoms. The van der Waals surface area contributed by atoms with Crippen LogP contribution in [0.3, 0.4) is 0 Å². The van der Waals surface area contributed by atoms with Gasteiger partial charge in [-0.2, -0.15) is 0 Å². The van der Waals surface area contributed by atoms with Crippen molar-refractivity contribution < 1.29 is 23.8 Å². The molecule has 0 saturated carbocycles. The van der Waals surface area contributed by atoms with Crippen LogP contribution in [0.4, 0.5) is 5.69 Å². The van der Waals surface area contributed by atoms with Crippen LogP contribution in [0.15, 0.2) is 124 Å². The van der Waals surface area contributed by atoms with Crippen LogP contribution in [0.1, 0.15) is 53.9 Å². The molecule has 0 unspecified atom stereocenters. The lowest BCUT2D eigenvalue weighted by molar-refractivity contribution is -0.113. The molecule has 1 N–H and O–H groups in total. The quantitative estimate of drug-likeness (QED) is 0.172. The summed E-state index contributed by atoms with van der Waals surface area (Å²) >= 11 is 1.27. The molecule has 0 spiro atoms. The molecule has 0 fully saturated rings. The first kappa shape index (κ1) is 33.2. The first-order chi connectivity index (χ1) is 23.8. The van der Waals surface area contributed by atoms with E-state index in [9.17, 15) is 14.4 Å². The molecule has 248 valence electrons. The van der Waals surface area contributed by atoms with Gasteiger partial charge in [-0.25, -0.2) is 9.79 Å². The number of rotatable bonds is 11. The van der Waals surface area contributed by atoms with Crippen LogP contribution < -0.4 is 29.7 Å². The molecule has 2 heterocycles. The number of anilines is 1. The summed E-state index contributed by atoms with van der Waals surface area (Å²) in [6.07, 6.45) is 1.81. The highest BCUT2D eigenvalue weighted by Crippen LogP contribution is 2.32. The number of benzene rings is 4. The van der Waals surface area contributed by atoms with Gasteiger partial charge in [0.2, 0.25) is 0 Å². The molecule has 0 aliphatic carbocycles. The first-order valence-electron chi connectivity index (χ1n) is 15.9. The monoisotopic (exact) mass is 673 g/mol. The highest BCUT2D eigenvalue weighted by atomic mass is 32.1. The minimum Gasteiger partial charge on any atom is -0.494 e. The molecule has 1 aliphatic rings. The second-order valence-electron chi connectivity index (χ2n) is 11.2. The van der Waals surface area contributed by atoms with Gasteiger partial charge in [-0.15, -0.1) is 0 Å². The summed E-state index contributed by atoms with van der Waals surface area (Å²) in [5.41, 5.74) is 4.22. The van der Waals surface area contributed by atoms with E-state index >= 15 is 0 Å². The number of carbonyl (C=O) groups excluding carboxylic acids is 2. The molecule has 10 heteroatoms. The van der Waals surface area contributed by atoms with E-state index in [1.54, 1.807) is 30.5 Å². The van der Waals surface area contributed by atoms with Crippen molar-refractivity contribution in [1.82, 2.24) is 4.57 Å². The number of thiazole rings is 1. The second-order valence-corrected chi connectivity index (χ2v) is 12.2. The molecule has 1 aliphatic heterocycles. The fraction of sp³-hybridized carbons (Fsp3) is 0.179. The number of carbonyl (C=O) groups is 2. The summed E-state index contributed by atoms with van der Waals surface area (Å²) in [7, 11) is 0. The number of amides is 1. The number of nitrogens with one attached hydrogen (secondary N) is 1. The lowest BCUT2D eigenvalue weighted by atomic mass is 9.95. The molecule has 9 nitrogen and oxygen atoms in total. The van der Waals surface area contributed by atoms with Crippen LogP contribution in [0, 0.1) is 0 Å². The maximum Gasteiger partial charge on any atom is 0.338 e. The fourth-order valence-corrected chi connectivity index (χ4v) is 6.57. The maximum absolute atomic E-state index is 14.2. The van der Waals surface area contributed by atoms with E-state index in [-0.39, 0.29) is 17.4 Å². The van der Waals surface area contributed by atoms with E-state index in [0.29, 0.717) is 63.2 Å². The summed E-state index contributed by atoms with van der Waals surface area (Å²) in [6, 6.07) is 30.5. The van der Waals surface area contributed by atoms with Crippen LogP contribution in [0.2, 0.25) is 0 Å². The van der Waals surface area contributed by atoms with Gasteiger partial charge in [0, 0.05) is 5.69 Å². The number of fused-ring (bicyclic) bond motifs is 1. The van der Waals surface area contributed by atoms with Gasteiger partial charge < -0.3 is 19.5 Å². The number of para-hydroxylation sites is 1. The van der Waals surface area contributed by atoms with Crippen molar-refractivity contribution in [2.24, 2.45) is 4.99 Å². The zero-order valence-electron chi connectivity index (χ0n) is 27.3. The SMILES string of the molecule is CCOC(=O)c1ccc(COc2cccc(/C=c3\sc4n(c3=O)[C@@H](c3ccc(OCC)cc3)C(C(=O)Nc3ccccc3)=C(C)N=4)c2)cc1. The molecule has 0 saturated heterocycles. The molecule has 1 atom stereocenters. The highest BCUT2D eigenvalue weighted by molar-refractivity contribution is 7.07. The van der Waals surface area contributed by atoms with E-state index in [1.807, 2.05) is 104 Å². The van der Waals surface area contributed by atoms with Crippen LogP contribution in [-0.2, 0) is 16.1 Å². The van der Waals surface area contributed by atoms with E-state index in [1.165, 1.54) is 11.3 Å². The third-order valence-electron chi connectivity index (χ3n) is 7.83. The molecular weight excluding hydrogens is 639 g/mol. The number of allylic oxidation sites excluding steroid dienone is 1. The zero-order valence-corrected chi connectivity index (χ0v) is 28.2. The van der Waals surface area contributed by atoms with Crippen molar-refractivity contribution in [3.8, 4) is 11.5 Å². The Morgan fingerprint density at radius 1 is 0.878 bits per heavy atom. The topological polar surface area (TPSA) is 108 Å². The van der Waals surface area contributed by atoms with Gasteiger partial charge in [-0.05, 0) is 92.1 Å².